The number of carbonyl (C=O) groups is 1. The molecule has 0 aliphatic rings. The molecule has 0 bridgehead atoms. The highest BCUT2D eigenvalue weighted by Crippen LogP contribution is 2.17. The first-order valence-electron chi connectivity index (χ1n) is 8.60. The van der Waals surface area contributed by atoms with Gasteiger partial charge in [0.2, 0.25) is 0 Å². The molecule has 0 radical (unpaired) electrons. The maximum absolute atomic E-state index is 12.5. The van der Waals surface area contributed by atoms with E-state index in [9.17, 15) is 4.79 Å². The van der Waals surface area contributed by atoms with Gasteiger partial charge in [-0.25, -0.2) is 9.97 Å². The third-order valence-electron chi connectivity index (χ3n) is 4.09. The van der Waals surface area contributed by atoms with Crippen LogP contribution in [-0.4, -0.2) is 22.4 Å². The maximum Gasteiger partial charge on any atom is 0.274 e. The molecule has 0 atom stereocenters. The molecule has 5 heteroatoms. The molecule has 1 amide bonds. The number of anilines is 2. The minimum Gasteiger partial charge on any atom is -0.370 e. The predicted molar refractivity (Wildman–Crippen MR) is 105 cm³/mol. The summed E-state index contributed by atoms with van der Waals surface area (Å²) in [6, 6.07) is 17.8. The van der Waals surface area contributed by atoms with Crippen molar-refractivity contribution in [3.8, 4) is 0 Å². The van der Waals surface area contributed by atoms with Gasteiger partial charge in [-0.1, -0.05) is 48.0 Å². The van der Waals surface area contributed by atoms with E-state index in [0.717, 1.165) is 29.8 Å². The summed E-state index contributed by atoms with van der Waals surface area (Å²) in [6.45, 7) is 4.73. The van der Waals surface area contributed by atoms with Crippen LogP contribution in [0.5, 0.6) is 0 Å². The lowest BCUT2D eigenvalue weighted by Crippen LogP contribution is -2.16. The smallest absolute Gasteiger partial charge is 0.274 e. The summed E-state index contributed by atoms with van der Waals surface area (Å²) in [5.74, 6) is 0.396. The number of aryl methyl sites for hydroxylation is 2. The molecule has 0 unspecified atom stereocenters. The molecule has 26 heavy (non-hydrogen) atoms. The van der Waals surface area contributed by atoms with Gasteiger partial charge in [0.05, 0.1) is 0 Å². The van der Waals surface area contributed by atoms with Crippen molar-refractivity contribution in [2.24, 2.45) is 0 Å². The summed E-state index contributed by atoms with van der Waals surface area (Å²) >= 11 is 0. The van der Waals surface area contributed by atoms with Crippen molar-refractivity contribution >= 4 is 17.4 Å². The highest BCUT2D eigenvalue weighted by Gasteiger charge is 2.10. The Hall–Kier alpha value is -3.21. The summed E-state index contributed by atoms with van der Waals surface area (Å²) in [5.41, 5.74) is 4.56. The third kappa shape index (κ3) is 4.66. The molecule has 1 heterocycles. The number of nitrogens with zero attached hydrogens (tertiary/aromatic N) is 2. The zero-order valence-electron chi connectivity index (χ0n) is 15.0. The van der Waals surface area contributed by atoms with Crippen molar-refractivity contribution in [1.82, 2.24) is 9.97 Å². The average molecular weight is 346 g/mol. The second-order valence-corrected chi connectivity index (χ2v) is 6.22. The Bertz CT molecular complexity index is 894. The van der Waals surface area contributed by atoms with E-state index < -0.39 is 0 Å². The van der Waals surface area contributed by atoms with E-state index in [2.05, 4.69) is 32.7 Å². The van der Waals surface area contributed by atoms with Crippen molar-refractivity contribution < 1.29 is 4.79 Å². The van der Waals surface area contributed by atoms with E-state index in [0.29, 0.717) is 11.5 Å². The van der Waals surface area contributed by atoms with Crippen LogP contribution in [0.25, 0.3) is 0 Å². The number of benzene rings is 2. The number of rotatable bonds is 6. The molecule has 0 saturated heterocycles. The van der Waals surface area contributed by atoms with Crippen LogP contribution in [0.4, 0.5) is 11.5 Å². The molecule has 1 aromatic heterocycles. The molecular formula is C21H22N4O. The summed E-state index contributed by atoms with van der Waals surface area (Å²) in [6.07, 6.45) is 2.29. The highest BCUT2D eigenvalue weighted by atomic mass is 16.1. The maximum atomic E-state index is 12.5. The molecule has 3 rings (SSSR count). The van der Waals surface area contributed by atoms with Crippen LogP contribution in [-0.2, 0) is 6.42 Å². The molecule has 132 valence electrons. The Morgan fingerprint density at radius 3 is 2.58 bits per heavy atom. The van der Waals surface area contributed by atoms with Gasteiger partial charge >= 0.3 is 0 Å². The minimum atomic E-state index is -0.245. The van der Waals surface area contributed by atoms with Crippen LogP contribution in [0.1, 0.15) is 27.2 Å². The first-order valence-corrected chi connectivity index (χ1v) is 8.60. The molecule has 0 spiro atoms. The van der Waals surface area contributed by atoms with E-state index in [1.165, 1.54) is 11.9 Å². The summed E-state index contributed by atoms with van der Waals surface area (Å²) in [4.78, 5) is 20.7. The van der Waals surface area contributed by atoms with Crippen LogP contribution < -0.4 is 10.6 Å². The highest BCUT2D eigenvalue weighted by molar-refractivity contribution is 6.03. The van der Waals surface area contributed by atoms with Crippen LogP contribution in [0, 0.1) is 13.8 Å². The second kappa shape index (κ2) is 8.25. The number of aromatic nitrogens is 2. The fraction of sp³-hybridized carbons (Fsp3) is 0.190. The largest absolute Gasteiger partial charge is 0.370 e. The first-order chi connectivity index (χ1) is 12.6. The lowest BCUT2D eigenvalue weighted by atomic mass is 10.1. The fourth-order valence-corrected chi connectivity index (χ4v) is 2.70. The van der Waals surface area contributed by atoms with Crippen molar-refractivity contribution in [2.45, 2.75) is 20.3 Å². The molecule has 0 aliphatic heterocycles. The monoisotopic (exact) mass is 346 g/mol. The molecular weight excluding hydrogens is 324 g/mol. The van der Waals surface area contributed by atoms with E-state index in [1.807, 2.05) is 50.2 Å². The van der Waals surface area contributed by atoms with Gasteiger partial charge in [0, 0.05) is 18.3 Å². The Balaban J connectivity index is 1.61. The van der Waals surface area contributed by atoms with Gasteiger partial charge in [-0.15, -0.1) is 0 Å². The molecule has 5 nitrogen and oxygen atoms in total. The lowest BCUT2D eigenvalue weighted by molar-refractivity contribution is 0.102. The average Bonchev–Trinajstić information content (AvgIpc) is 2.65. The zero-order valence-corrected chi connectivity index (χ0v) is 15.0. The van der Waals surface area contributed by atoms with Crippen molar-refractivity contribution in [1.29, 1.82) is 0 Å². The fourth-order valence-electron chi connectivity index (χ4n) is 2.70. The Kier molecular flexibility index (Phi) is 5.59. The normalized spacial score (nSPS) is 10.4. The van der Waals surface area contributed by atoms with Gasteiger partial charge < -0.3 is 10.6 Å². The van der Waals surface area contributed by atoms with Gasteiger partial charge in [-0.05, 0) is 37.5 Å². The van der Waals surface area contributed by atoms with E-state index in [1.54, 1.807) is 6.07 Å². The zero-order chi connectivity index (χ0) is 18.4. The van der Waals surface area contributed by atoms with Crippen LogP contribution in [0.2, 0.25) is 0 Å². The van der Waals surface area contributed by atoms with Gasteiger partial charge in [0.25, 0.3) is 5.91 Å². The Morgan fingerprint density at radius 1 is 1.00 bits per heavy atom. The van der Waals surface area contributed by atoms with Crippen LogP contribution in [0.15, 0.2) is 60.9 Å². The number of amides is 1. The Morgan fingerprint density at radius 2 is 1.81 bits per heavy atom. The van der Waals surface area contributed by atoms with Gasteiger partial charge in [0.15, 0.2) is 0 Å². The number of carbonyl (C=O) groups excluding carboxylic acids is 1. The predicted octanol–water partition coefficient (Wildman–Crippen LogP) is 4.00. The van der Waals surface area contributed by atoms with Gasteiger partial charge in [-0.2, -0.15) is 0 Å². The molecule has 3 aromatic rings. The topological polar surface area (TPSA) is 66.9 Å². The van der Waals surface area contributed by atoms with Crippen LogP contribution in [0.3, 0.4) is 0 Å². The van der Waals surface area contributed by atoms with Crippen LogP contribution >= 0.6 is 0 Å². The van der Waals surface area contributed by atoms with E-state index in [4.69, 9.17) is 0 Å². The van der Waals surface area contributed by atoms with Crippen molar-refractivity contribution in [2.75, 3.05) is 17.2 Å². The quantitative estimate of drug-likeness (QED) is 0.708. The molecule has 0 saturated carbocycles. The van der Waals surface area contributed by atoms with Gasteiger partial charge in [0.1, 0.15) is 17.8 Å². The molecule has 2 aromatic carbocycles. The number of hydrogen-bond donors (Lipinski definition) is 2. The second-order valence-electron chi connectivity index (χ2n) is 6.22. The Labute approximate surface area is 153 Å². The lowest BCUT2D eigenvalue weighted by Gasteiger charge is -2.10. The van der Waals surface area contributed by atoms with Crippen molar-refractivity contribution in [3.63, 3.8) is 0 Å². The molecule has 0 aliphatic carbocycles. The summed E-state index contributed by atoms with van der Waals surface area (Å²) < 4.78 is 0. The first kappa shape index (κ1) is 17.6. The van der Waals surface area contributed by atoms with E-state index >= 15 is 0 Å². The summed E-state index contributed by atoms with van der Waals surface area (Å²) in [5, 5.41) is 6.15. The van der Waals surface area contributed by atoms with E-state index in [-0.39, 0.29) is 5.91 Å². The number of hydrogen-bond acceptors (Lipinski definition) is 4. The minimum absolute atomic E-state index is 0.245. The standard InChI is InChI=1S/C21H22N4O/c1-15-8-9-18(16(2)12-15)25-21(26)19-13-20(24-14-23-19)22-11-10-17-6-4-3-5-7-17/h3-9,12-14H,10-11H2,1-2H3,(H,25,26)(H,22,23,24). The van der Waals surface area contributed by atoms with Gasteiger partial charge in [-0.3, -0.25) is 4.79 Å². The molecule has 0 fully saturated rings. The summed E-state index contributed by atoms with van der Waals surface area (Å²) in [7, 11) is 0. The van der Waals surface area contributed by atoms with Crippen molar-refractivity contribution in [3.05, 3.63) is 83.3 Å². The SMILES string of the molecule is Cc1ccc(NC(=O)c2cc(NCCc3ccccc3)ncn2)c(C)c1. The number of nitrogens with one attached hydrogen (secondary N) is 2. The molecule has 2 N–H and O–H groups in total. The third-order valence-corrected chi connectivity index (χ3v) is 4.09.